The fourth-order valence-corrected chi connectivity index (χ4v) is 7.90. The van der Waals surface area contributed by atoms with Crippen LogP contribution >= 0.6 is 0 Å². The minimum absolute atomic E-state index is 0.0961. The molecule has 1 atom stereocenters. The number of unbranched alkanes of at least 4 members (excludes halogenated alkanes) is 5. The number of Topliss-reactive ketones (excluding diaryl/α,β-unsaturated/α-hetero) is 1. The van der Waals surface area contributed by atoms with Gasteiger partial charge in [0.2, 0.25) is 11.8 Å². The number of ether oxygens (including phenoxy) is 3. The van der Waals surface area contributed by atoms with Crippen LogP contribution in [-0.2, 0) is 26.3 Å². The van der Waals surface area contributed by atoms with E-state index in [4.69, 9.17) is 14.2 Å². The lowest BCUT2D eigenvalue weighted by Crippen LogP contribution is -2.54. The Morgan fingerprint density at radius 3 is 2.08 bits per heavy atom. The Morgan fingerprint density at radius 1 is 0.783 bits per heavy atom. The van der Waals surface area contributed by atoms with E-state index in [1.54, 1.807) is 24.4 Å². The molecule has 0 bridgehead atoms. The molecular formula is C47H53N5O8. The normalized spacial score (nSPS) is 16.8. The zero-order chi connectivity index (χ0) is 42.2. The quantitative estimate of drug-likeness (QED) is 0.0565. The van der Waals surface area contributed by atoms with E-state index in [0.29, 0.717) is 36.0 Å². The number of carbonyl (C=O) groups is 5. The third kappa shape index (κ3) is 9.90. The molecule has 13 heteroatoms. The van der Waals surface area contributed by atoms with Crippen molar-refractivity contribution in [3.63, 3.8) is 0 Å². The Kier molecular flexibility index (Phi) is 13.3. The molecule has 4 heterocycles. The third-order valence-electron chi connectivity index (χ3n) is 11.6. The highest BCUT2D eigenvalue weighted by atomic mass is 16.5. The molecular weight excluding hydrogens is 763 g/mol. The number of carbonyl (C=O) groups excluding carboxylic acids is 5. The molecule has 1 aromatic heterocycles. The number of hydrogen-bond donors (Lipinski definition) is 1. The van der Waals surface area contributed by atoms with Crippen molar-refractivity contribution in [3.05, 3.63) is 113 Å². The molecule has 2 saturated heterocycles. The van der Waals surface area contributed by atoms with Crippen LogP contribution in [0.3, 0.4) is 0 Å². The first-order valence-electron chi connectivity index (χ1n) is 21.0. The molecule has 0 spiro atoms. The summed E-state index contributed by atoms with van der Waals surface area (Å²) in [6, 6.07) is 22.5. The van der Waals surface area contributed by atoms with Crippen LogP contribution in [-0.4, -0.2) is 83.2 Å². The Hall–Kier alpha value is -5.95. The van der Waals surface area contributed by atoms with Crippen molar-refractivity contribution in [2.75, 3.05) is 37.8 Å². The van der Waals surface area contributed by atoms with Crippen molar-refractivity contribution in [2.45, 2.75) is 90.2 Å². The summed E-state index contributed by atoms with van der Waals surface area (Å²) in [6.45, 7) is 9.86. The molecule has 3 aliphatic rings. The zero-order valence-electron chi connectivity index (χ0n) is 34.6. The largest absolute Gasteiger partial charge is 0.494 e. The molecule has 0 saturated carbocycles. The van der Waals surface area contributed by atoms with Crippen LogP contribution in [0.25, 0.3) is 0 Å². The van der Waals surface area contributed by atoms with E-state index >= 15 is 0 Å². The molecule has 4 amide bonds. The average Bonchev–Trinajstić information content (AvgIpc) is 3.47. The number of piperidine rings is 1. The standard InChI is InChI=1S/C47H53N5O8/c1-31(53)43-48-23-22-35(49-43)30-60-38-17-12-34(13-18-38)47(2,3)33-10-15-37(16-11-33)59-25-9-7-5-4-6-8-24-58-29-32-27-51(28-32)36-14-19-39-40(26-36)46(57)52(45(39)56)41-20-21-42(54)50-44(41)55/h10-19,22-23,26,32,41H,4-9,20-21,24-25,27-30H2,1-3H3,(H,50,54,55). The van der Waals surface area contributed by atoms with Crippen molar-refractivity contribution in [2.24, 2.45) is 5.92 Å². The zero-order valence-corrected chi connectivity index (χ0v) is 34.6. The number of nitrogens with zero attached hydrogens (tertiary/aromatic N) is 4. The number of aromatic nitrogens is 2. The van der Waals surface area contributed by atoms with E-state index in [1.807, 2.05) is 30.3 Å². The summed E-state index contributed by atoms with van der Waals surface area (Å²) < 4.78 is 17.9. The molecule has 2 fully saturated rings. The predicted molar refractivity (Wildman–Crippen MR) is 224 cm³/mol. The van der Waals surface area contributed by atoms with Gasteiger partial charge < -0.3 is 19.1 Å². The van der Waals surface area contributed by atoms with Crippen LogP contribution in [0.2, 0.25) is 0 Å². The van der Waals surface area contributed by atoms with E-state index in [1.165, 1.54) is 30.9 Å². The number of benzene rings is 3. The summed E-state index contributed by atoms with van der Waals surface area (Å²) in [5.41, 5.74) is 4.26. The molecule has 60 heavy (non-hydrogen) atoms. The van der Waals surface area contributed by atoms with Gasteiger partial charge >= 0.3 is 0 Å². The lowest BCUT2D eigenvalue weighted by Gasteiger charge is -2.41. The number of imide groups is 2. The molecule has 0 aliphatic carbocycles. The molecule has 3 aliphatic heterocycles. The smallest absolute Gasteiger partial charge is 0.262 e. The molecule has 13 nitrogen and oxygen atoms in total. The average molecular weight is 816 g/mol. The Labute approximate surface area is 350 Å². The number of fused-ring (bicyclic) bond motifs is 1. The molecule has 7 rings (SSSR count). The lowest BCUT2D eigenvalue weighted by atomic mass is 9.78. The van der Waals surface area contributed by atoms with Gasteiger partial charge in [-0.1, -0.05) is 63.8 Å². The summed E-state index contributed by atoms with van der Waals surface area (Å²) in [5, 5.41) is 2.23. The van der Waals surface area contributed by atoms with Gasteiger partial charge in [0, 0.05) is 56.3 Å². The monoisotopic (exact) mass is 815 g/mol. The summed E-state index contributed by atoms with van der Waals surface area (Å²) in [5.74, 6) is 0.0506. The Morgan fingerprint density at radius 2 is 1.42 bits per heavy atom. The maximum absolute atomic E-state index is 13.2. The van der Waals surface area contributed by atoms with Crippen LogP contribution in [0.1, 0.15) is 120 Å². The summed E-state index contributed by atoms with van der Waals surface area (Å²) in [7, 11) is 0. The van der Waals surface area contributed by atoms with E-state index in [-0.39, 0.29) is 36.5 Å². The van der Waals surface area contributed by atoms with Crippen LogP contribution in [0, 0.1) is 5.92 Å². The first-order valence-corrected chi connectivity index (χ1v) is 21.0. The van der Waals surface area contributed by atoms with Gasteiger partial charge in [0.25, 0.3) is 11.8 Å². The van der Waals surface area contributed by atoms with Gasteiger partial charge in [0.1, 0.15) is 24.1 Å². The molecule has 1 unspecified atom stereocenters. The minimum Gasteiger partial charge on any atom is -0.494 e. The van der Waals surface area contributed by atoms with Crippen molar-refractivity contribution < 1.29 is 38.2 Å². The van der Waals surface area contributed by atoms with E-state index < -0.39 is 29.7 Å². The maximum Gasteiger partial charge on any atom is 0.262 e. The van der Waals surface area contributed by atoms with E-state index in [9.17, 15) is 24.0 Å². The third-order valence-corrected chi connectivity index (χ3v) is 11.6. The van der Waals surface area contributed by atoms with Gasteiger partial charge in [0.15, 0.2) is 11.6 Å². The van der Waals surface area contributed by atoms with Gasteiger partial charge in [-0.25, -0.2) is 9.97 Å². The highest BCUT2D eigenvalue weighted by Crippen LogP contribution is 2.35. The van der Waals surface area contributed by atoms with Gasteiger partial charge in [-0.15, -0.1) is 0 Å². The fraction of sp³-hybridized carbons (Fsp3) is 0.426. The second-order valence-corrected chi connectivity index (χ2v) is 16.4. The second-order valence-electron chi connectivity index (χ2n) is 16.4. The van der Waals surface area contributed by atoms with Gasteiger partial charge in [-0.2, -0.15) is 0 Å². The predicted octanol–water partition coefficient (Wildman–Crippen LogP) is 6.86. The van der Waals surface area contributed by atoms with Crippen LogP contribution in [0.5, 0.6) is 11.5 Å². The van der Waals surface area contributed by atoms with Gasteiger partial charge in [0.05, 0.1) is 30.0 Å². The van der Waals surface area contributed by atoms with Crippen molar-refractivity contribution in [1.29, 1.82) is 0 Å². The van der Waals surface area contributed by atoms with E-state index in [0.717, 1.165) is 67.5 Å². The number of anilines is 1. The number of rotatable bonds is 20. The molecule has 0 radical (unpaired) electrons. The van der Waals surface area contributed by atoms with Crippen molar-refractivity contribution >= 4 is 35.1 Å². The Bertz CT molecular complexity index is 2200. The van der Waals surface area contributed by atoms with Gasteiger partial charge in [-0.3, -0.25) is 34.2 Å². The Balaban J connectivity index is 0.722. The topological polar surface area (TPSA) is 157 Å². The highest BCUT2D eigenvalue weighted by molar-refractivity contribution is 6.23. The maximum atomic E-state index is 13.2. The van der Waals surface area contributed by atoms with Crippen molar-refractivity contribution in [3.8, 4) is 11.5 Å². The molecule has 314 valence electrons. The minimum atomic E-state index is -0.964. The lowest BCUT2D eigenvalue weighted by molar-refractivity contribution is -0.136. The summed E-state index contributed by atoms with van der Waals surface area (Å²) in [6.07, 6.45) is 8.45. The number of hydrogen-bond acceptors (Lipinski definition) is 11. The number of ketones is 1. The van der Waals surface area contributed by atoms with E-state index in [2.05, 4.69) is 58.3 Å². The fourth-order valence-electron chi connectivity index (χ4n) is 7.90. The van der Waals surface area contributed by atoms with Crippen molar-refractivity contribution in [1.82, 2.24) is 20.2 Å². The van der Waals surface area contributed by atoms with Crippen LogP contribution in [0.4, 0.5) is 5.69 Å². The van der Waals surface area contributed by atoms with Crippen LogP contribution in [0.15, 0.2) is 79.0 Å². The summed E-state index contributed by atoms with van der Waals surface area (Å²) in [4.78, 5) is 73.0. The number of nitrogens with one attached hydrogen (secondary N) is 1. The molecule has 3 aromatic carbocycles. The number of amides is 4. The molecule has 4 aromatic rings. The van der Waals surface area contributed by atoms with Crippen LogP contribution < -0.4 is 19.7 Å². The first kappa shape index (κ1) is 42.2. The summed E-state index contributed by atoms with van der Waals surface area (Å²) >= 11 is 0. The molecule has 1 N–H and O–H groups in total. The SMILES string of the molecule is CC(=O)c1nccc(COc2ccc(C(C)(C)c3ccc(OCCCCCCCCOCC4CN(c5ccc6c(c5)C(=O)N(C5CCC(=O)NC5=O)C6=O)C4)cc3)cc2)n1. The van der Waals surface area contributed by atoms with Gasteiger partial charge in [-0.05, 0) is 78.9 Å². The highest BCUT2D eigenvalue weighted by Gasteiger charge is 2.45. The first-order chi connectivity index (χ1) is 29.0. The second kappa shape index (κ2) is 19.0.